The van der Waals surface area contributed by atoms with E-state index in [1.54, 1.807) is 11.3 Å². The third-order valence-corrected chi connectivity index (χ3v) is 4.49. The first kappa shape index (κ1) is 13.0. The molecule has 0 aliphatic carbocycles. The molecule has 0 aliphatic heterocycles. The summed E-state index contributed by atoms with van der Waals surface area (Å²) in [5.74, 6) is 1.24. The van der Waals surface area contributed by atoms with E-state index in [2.05, 4.69) is 14.6 Å². The number of fused-ring (bicyclic) bond motifs is 1. The van der Waals surface area contributed by atoms with Gasteiger partial charge in [0.15, 0.2) is 5.65 Å². The quantitative estimate of drug-likeness (QED) is 0.693. The highest BCUT2D eigenvalue weighted by atomic mass is 35.5. The molecule has 19 heavy (non-hydrogen) atoms. The average molecular weight is 315 g/mol. The van der Waals surface area contributed by atoms with Crippen LogP contribution in [0.4, 0.5) is 0 Å². The zero-order chi connectivity index (χ0) is 13.6. The lowest BCUT2D eigenvalue weighted by Gasteiger charge is -2.06. The van der Waals surface area contributed by atoms with Gasteiger partial charge in [0.25, 0.3) is 0 Å². The molecule has 0 radical (unpaired) electrons. The van der Waals surface area contributed by atoms with Gasteiger partial charge in [0.1, 0.15) is 11.3 Å². The maximum atomic E-state index is 6.00. The van der Waals surface area contributed by atoms with E-state index in [4.69, 9.17) is 23.2 Å². The second-order valence-electron chi connectivity index (χ2n) is 4.33. The lowest BCUT2D eigenvalue weighted by Crippen LogP contribution is -2.06. The average Bonchev–Trinajstić information content (AvgIpc) is 3.00. The SMILES string of the molecule is Cc1nn(C)c2c1nc(CCl)n2Cc1ccc(Cl)s1. The Labute approximate surface area is 124 Å². The third-order valence-electron chi connectivity index (χ3n) is 3.03. The first-order valence-corrected chi connectivity index (χ1v) is 7.52. The maximum absolute atomic E-state index is 6.00. The number of rotatable bonds is 3. The molecule has 7 heteroatoms. The molecular formula is C12H12Cl2N4S. The van der Waals surface area contributed by atoms with E-state index in [1.165, 1.54) is 4.88 Å². The van der Waals surface area contributed by atoms with Crippen molar-refractivity contribution in [2.45, 2.75) is 19.3 Å². The highest BCUT2D eigenvalue weighted by Gasteiger charge is 2.17. The lowest BCUT2D eigenvalue weighted by atomic mass is 10.4. The summed E-state index contributed by atoms with van der Waals surface area (Å²) in [6.45, 7) is 2.68. The van der Waals surface area contributed by atoms with Crippen LogP contribution < -0.4 is 0 Å². The molecule has 0 fully saturated rings. The van der Waals surface area contributed by atoms with Gasteiger partial charge in [0.2, 0.25) is 0 Å². The molecule has 0 saturated heterocycles. The Morgan fingerprint density at radius 1 is 1.37 bits per heavy atom. The van der Waals surface area contributed by atoms with Gasteiger partial charge in [-0.2, -0.15) is 5.10 Å². The van der Waals surface area contributed by atoms with Crippen molar-refractivity contribution >= 4 is 45.7 Å². The Morgan fingerprint density at radius 2 is 2.16 bits per heavy atom. The number of imidazole rings is 1. The zero-order valence-electron chi connectivity index (χ0n) is 10.5. The molecule has 3 aromatic rings. The van der Waals surface area contributed by atoms with Crippen molar-refractivity contribution < 1.29 is 0 Å². The summed E-state index contributed by atoms with van der Waals surface area (Å²) in [4.78, 5) is 5.75. The Kier molecular flexibility index (Phi) is 3.28. The molecule has 0 saturated carbocycles. The van der Waals surface area contributed by atoms with Gasteiger partial charge in [-0.05, 0) is 19.1 Å². The summed E-state index contributed by atoms with van der Waals surface area (Å²) in [5.41, 5.74) is 2.84. The highest BCUT2D eigenvalue weighted by Crippen LogP contribution is 2.26. The Bertz CT molecular complexity index is 740. The van der Waals surface area contributed by atoms with Gasteiger partial charge < -0.3 is 4.57 Å². The molecule has 3 heterocycles. The standard InChI is InChI=1S/C12H12Cl2N4S/c1-7-11-12(17(2)16-7)18(10(5-13)15-11)6-8-3-4-9(14)19-8/h3-4H,5-6H2,1-2H3. The summed E-state index contributed by atoms with van der Waals surface area (Å²) in [6.07, 6.45) is 0. The Balaban J connectivity index is 2.15. The van der Waals surface area contributed by atoms with E-state index in [0.29, 0.717) is 5.88 Å². The molecule has 100 valence electrons. The van der Waals surface area contributed by atoms with E-state index in [9.17, 15) is 0 Å². The molecule has 0 atom stereocenters. The van der Waals surface area contributed by atoms with Gasteiger partial charge in [-0.1, -0.05) is 11.6 Å². The Morgan fingerprint density at radius 3 is 2.79 bits per heavy atom. The number of hydrogen-bond donors (Lipinski definition) is 0. The molecular weight excluding hydrogens is 303 g/mol. The number of thiophene rings is 1. The molecule has 3 aromatic heterocycles. The fourth-order valence-corrected chi connectivity index (χ4v) is 3.52. The molecule has 0 aromatic carbocycles. The van der Waals surface area contributed by atoms with Crippen molar-refractivity contribution in [3.8, 4) is 0 Å². The normalized spacial score (nSPS) is 11.6. The van der Waals surface area contributed by atoms with Crippen LogP contribution in [0.15, 0.2) is 12.1 Å². The number of halogens is 2. The van der Waals surface area contributed by atoms with Crippen molar-refractivity contribution in [3.63, 3.8) is 0 Å². The number of aromatic nitrogens is 4. The van der Waals surface area contributed by atoms with Crippen molar-refractivity contribution in [2.75, 3.05) is 0 Å². The van der Waals surface area contributed by atoms with Crippen LogP contribution in [0.5, 0.6) is 0 Å². The molecule has 0 bridgehead atoms. The number of alkyl halides is 1. The van der Waals surface area contributed by atoms with E-state index >= 15 is 0 Å². The first-order valence-electron chi connectivity index (χ1n) is 5.79. The van der Waals surface area contributed by atoms with Gasteiger partial charge in [-0.3, -0.25) is 4.68 Å². The number of aryl methyl sites for hydroxylation is 2. The van der Waals surface area contributed by atoms with Gasteiger partial charge in [-0.15, -0.1) is 22.9 Å². The Hall–Kier alpha value is -1.04. The van der Waals surface area contributed by atoms with Crippen LogP contribution in [0.2, 0.25) is 4.34 Å². The third kappa shape index (κ3) is 2.16. The molecule has 0 amide bonds. The summed E-state index contributed by atoms with van der Waals surface area (Å²) in [5, 5.41) is 4.40. The number of nitrogens with zero attached hydrogens (tertiary/aromatic N) is 4. The maximum Gasteiger partial charge on any atom is 0.159 e. The molecule has 3 rings (SSSR count). The largest absolute Gasteiger partial charge is 0.307 e. The predicted octanol–water partition coefficient (Wildman–Crippen LogP) is 3.58. The van der Waals surface area contributed by atoms with Crippen molar-refractivity contribution in [1.29, 1.82) is 0 Å². The van der Waals surface area contributed by atoms with Crippen LogP contribution in [0.25, 0.3) is 11.2 Å². The lowest BCUT2D eigenvalue weighted by molar-refractivity contribution is 0.706. The van der Waals surface area contributed by atoms with Crippen molar-refractivity contribution in [2.24, 2.45) is 7.05 Å². The smallest absolute Gasteiger partial charge is 0.159 e. The van der Waals surface area contributed by atoms with Crippen molar-refractivity contribution in [1.82, 2.24) is 19.3 Å². The zero-order valence-corrected chi connectivity index (χ0v) is 12.9. The minimum atomic E-state index is 0.382. The molecule has 0 spiro atoms. The highest BCUT2D eigenvalue weighted by molar-refractivity contribution is 7.16. The second-order valence-corrected chi connectivity index (χ2v) is 6.40. The van der Waals surface area contributed by atoms with E-state index in [0.717, 1.165) is 33.6 Å². The van der Waals surface area contributed by atoms with Crippen LogP contribution >= 0.6 is 34.5 Å². The summed E-state index contributed by atoms with van der Waals surface area (Å²) in [7, 11) is 1.92. The van der Waals surface area contributed by atoms with Gasteiger partial charge in [0, 0.05) is 11.9 Å². The van der Waals surface area contributed by atoms with E-state index < -0.39 is 0 Å². The number of hydrogen-bond acceptors (Lipinski definition) is 3. The topological polar surface area (TPSA) is 35.6 Å². The summed E-state index contributed by atoms with van der Waals surface area (Å²) < 4.78 is 4.74. The minimum Gasteiger partial charge on any atom is -0.307 e. The van der Waals surface area contributed by atoms with Crippen LogP contribution in [0.3, 0.4) is 0 Å². The minimum absolute atomic E-state index is 0.382. The molecule has 0 aliphatic rings. The fourth-order valence-electron chi connectivity index (χ4n) is 2.24. The van der Waals surface area contributed by atoms with Crippen LogP contribution in [-0.2, 0) is 19.5 Å². The molecule has 4 nitrogen and oxygen atoms in total. The molecule has 0 N–H and O–H groups in total. The van der Waals surface area contributed by atoms with Crippen LogP contribution in [0, 0.1) is 6.92 Å². The first-order chi connectivity index (χ1) is 9.10. The van der Waals surface area contributed by atoms with Gasteiger partial charge in [0.05, 0.1) is 22.5 Å². The monoisotopic (exact) mass is 314 g/mol. The van der Waals surface area contributed by atoms with E-state index in [-0.39, 0.29) is 0 Å². The van der Waals surface area contributed by atoms with E-state index in [1.807, 2.05) is 30.8 Å². The predicted molar refractivity (Wildman–Crippen MR) is 79.2 cm³/mol. The van der Waals surface area contributed by atoms with Crippen LogP contribution in [-0.4, -0.2) is 19.3 Å². The fraction of sp³-hybridized carbons (Fsp3) is 0.333. The van der Waals surface area contributed by atoms with Gasteiger partial charge >= 0.3 is 0 Å². The summed E-state index contributed by atoms with van der Waals surface area (Å²) >= 11 is 13.5. The van der Waals surface area contributed by atoms with Crippen LogP contribution in [0.1, 0.15) is 16.4 Å². The van der Waals surface area contributed by atoms with Crippen molar-refractivity contribution in [3.05, 3.63) is 32.9 Å². The van der Waals surface area contributed by atoms with Gasteiger partial charge in [-0.25, -0.2) is 4.98 Å². The molecule has 0 unspecified atom stereocenters. The summed E-state index contributed by atoms with van der Waals surface area (Å²) in [6, 6.07) is 3.94. The second kappa shape index (κ2) is 4.81.